The summed E-state index contributed by atoms with van der Waals surface area (Å²) >= 11 is 0. The minimum absolute atomic E-state index is 0.135. The van der Waals surface area contributed by atoms with E-state index in [9.17, 15) is 13.2 Å². The molecule has 1 aromatic rings. The van der Waals surface area contributed by atoms with Gasteiger partial charge < -0.3 is 5.11 Å². The predicted octanol–water partition coefficient (Wildman–Crippen LogP) is 2.20. The maximum atomic E-state index is 12.6. The van der Waals surface area contributed by atoms with Gasteiger partial charge in [-0.2, -0.15) is 4.31 Å². The molecule has 114 valence electrons. The Morgan fingerprint density at radius 1 is 1.33 bits per heavy atom. The van der Waals surface area contributed by atoms with E-state index in [2.05, 4.69) is 13.2 Å². The summed E-state index contributed by atoms with van der Waals surface area (Å²) in [5.41, 5.74) is 0.774. The number of aryl methyl sites for hydroxylation is 1. The molecule has 5 nitrogen and oxygen atoms in total. The zero-order valence-corrected chi connectivity index (χ0v) is 12.8. The average Bonchev–Trinajstić information content (AvgIpc) is 2.43. The fraction of sp³-hybridized carbons (Fsp3) is 0.267. The first-order valence-corrected chi connectivity index (χ1v) is 7.82. The molecule has 6 heteroatoms. The lowest BCUT2D eigenvalue weighted by atomic mass is 10.2. The van der Waals surface area contributed by atoms with Crippen LogP contribution in [-0.4, -0.2) is 36.9 Å². The van der Waals surface area contributed by atoms with Gasteiger partial charge in [-0.05, 0) is 25.5 Å². The van der Waals surface area contributed by atoms with Gasteiger partial charge in [0.1, 0.15) is 0 Å². The largest absolute Gasteiger partial charge is 0.478 e. The molecule has 1 aromatic carbocycles. The van der Waals surface area contributed by atoms with E-state index in [1.165, 1.54) is 12.1 Å². The number of sulfonamides is 1. The van der Waals surface area contributed by atoms with Crippen LogP contribution in [0.5, 0.6) is 0 Å². The van der Waals surface area contributed by atoms with Gasteiger partial charge in [0.15, 0.2) is 0 Å². The van der Waals surface area contributed by atoms with Crippen LogP contribution in [0.15, 0.2) is 54.0 Å². The van der Waals surface area contributed by atoms with Crippen LogP contribution in [0.4, 0.5) is 0 Å². The van der Waals surface area contributed by atoms with Crippen LogP contribution in [0.1, 0.15) is 12.0 Å². The lowest BCUT2D eigenvalue weighted by Crippen LogP contribution is -2.34. The summed E-state index contributed by atoms with van der Waals surface area (Å²) in [5, 5.41) is 8.89. The molecule has 0 saturated carbocycles. The lowest BCUT2D eigenvalue weighted by Gasteiger charge is -2.21. The van der Waals surface area contributed by atoms with Crippen molar-refractivity contribution in [3.8, 4) is 0 Å². The van der Waals surface area contributed by atoms with Gasteiger partial charge in [0, 0.05) is 18.7 Å². The van der Waals surface area contributed by atoms with Crippen molar-refractivity contribution in [3.05, 3.63) is 54.6 Å². The SMILES string of the molecule is C=CCCN(CC(=C)C(=O)O)S(=O)(=O)c1ccc(C)cc1. The number of aliphatic carboxylic acids is 1. The molecule has 1 N–H and O–H groups in total. The topological polar surface area (TPSA) is 74.7 Å². The molecule has 0 bridgehead atoms. The first-order valence-electron chi connectivity index (χ1n) is 6.38. The average molecular weight is 309 g/mol. The molecule has 0 radical (unpaired) electrons. The van der Waals surface area contributed by atoms with Crippen LogP contribution in [-0.2, 0) is 14.8 Å². The van der Waals surface area contributed by atoms with Crippen molar-refractivity contribution >= 4 is 16.0 Å². The quantitative estimate of drug-likeness (QED) is 0.590. The Labute approximate surface area is 125 Å². The van der Waals surface area contributed by atoms with Gasteiger partial charge in [-0.3, -0.25) is 0 Å². The van der Waals surface area contributed by atoms with Gasteiger partial charge in [-0.25, -0.2) is 13.2 Å². The Morgan fingerprint density at radius 3 is 2.38 bits per heavy atom. The normalized spacial score (nSPS) is 11.3. The minimum Gasteiger partial charge on any atom is -0.478 e. The van der Waals surface area contributed by atoms with Gasteiger partial charge >= 0.3 is 5.97 Å². The minimum atomic E-state index is -3.76. The molecule has 0 heterocycles. The van der Waals surface area contributed by atoms with Crippen LogP contribution in [0.25, 0.3) is 0 Å². The molecule has 21 heavy (non-hydrogen) atoms. The molecule has 0 aliphatic carbocycles. The van der Waals surface area contributed by atoms with Gasteiger partial charge in [0.2, 0.25) is 10.0 Å². The van der Waals surface area contributed by atoms with Crippen molar-refractivity contribution in [2.45, 2.75) is 18.2 Å². The molecule has 0 amide bonds. The fourth-order valence-electron chi connectivity index (χ4n) is 1.66. The Kier molecular flexibility index (Phi) is 5.87. The van der Waals surface area contributed by atoms with Crippen molar-refractivity contribution in [3.63, 3.8) is 0 Å². The molecule has 0 aromatic heterocycles. The summed E-state index contributed by atoms with van der Waals surface area (Å²) in [6, 6.07) is 6.42. The van der Waals surface area contributed by atoms with E-state index in [1.807, 2.05) is 6.92 Å². The zero-order chi connectivity index (χ0) is 16.0. The zero-order valence-electron chi connectivity index (χ0n) is 11.9. The van der Waals surface area contributed by atoms with Crippen molar-refractivity contribution in [2.24, 2.45) is 0 Å². The van der Waals surface area contributed by atoms with E-state index < -0.39 is 16.0 Å². The monoisotopic (exact) mass is 309 g/mol. The maximum absolute atomic E-state index is 12.6. The first-order chi connectivity index (χ1) is 9.78. The summed E-state index contributed by atoms with van der Waals surface area (Å²) < 4.78 is 26.2. The number of carboxylic acid groups (broad SMARTS) is 1. The Bertz CT molecular complexity index is 632. The molecule has 0 atom stereocenters. The molecular weight excluding hydrogens is 290 g/mol. The van der Waals surface area contributed by atoms with Crippen LogP contribution in [0.2, 0.25) is 0 Å². The molecule has 0 unspecified atom stereocenters. The van der Waals surface area contributed by atoms with E-state index in [-0.39, 0.29) is 23.6 Å². The Morgan fingerprint density at radius 2 is 1.90 bits per heavy atom. The highest BCUT2D eigenvalue weighted by Gasteiger charge is 2.25. The summed E-state index contributed by atoms with van der Waals surface area (Å²) in [7, 11) is -3.76. The number of hydrogen-bond donors (Lipinski definition) is 1. The molecule has 0 aliphatic rings. The molecule has 0 fully saturated rings. The third-order valence-corrected chi connectivity index (χ3v) is 4.77. The Hall–Kier alpha value is -1.92. The number of hydrogen-bond acceptors (Lipinski definition) is 3. The molecule has 0 spiro atoms. The van der Waals surface area contributed by atoms with E-state index in [0.29, 0.717) is 6.42 Å². The number of carbonyl (C=O) groups is 1. The maximum Gasteiger partial charge on any atom is 0.332 e. The van der Waals surface area contributed by atoms with E-state index in [0.717, 1.165) is 9.87 Å². The number of nitrogens with zero attached hydrogens (tertiary/aromatic N) is 1. The summed E-state index contributed by atoms with van der Waals surface area (Å²) in [6.45, 7) is 8.71. The molecular formula is C15H19NO4S. The Balaban J connectivity index is 3.10. The van der Waals surface area contributed by atoms with E-state index >= 15 is 0 Å². The highest BCUT2D eigenvalue weighted by Crippen LogP contribution is 2.18. The fourth-order valence-corrected chi connectivity index (χ4v) is 3.11. The predicted molar refractivity (Wildman–Crippen MR) is 81.5 cm³/mol. The van der Waals surface area contributed by atoms with Gasteiger partial charge in [0.05, 0.1) is 4.90 Å². The first kappa shape index (κ1) is 17.1. The number of benzene rings is 1. The van der Waals surface area contributed by atoms with Gasteiger partial charge in [-0.15, -0.1) is 6.58 Å². The highest BCUT2D eigenvalue weighted by atomic mass is 32.2. The summed E-state index contributed by atoms with van der Waals surface area (Å²) in [4.78, 5) is 11.0. The van der Waals surface area contributed by atoms with Gasteiger partial charge in [-0.1, -0.05) is 30.4 Å². The highest BCUT2D eigenvalue weighted by molar-refractivity contribution is 7.89. The third-order valence-electron chi connectivity index (χ3n) is 2.91. The van der Waals surface area contributed by atoms with Crippen molar-refractivity contribution in [2.75, 3.05) is 13.1 Å². The molecule has 0 aliphatic heterocycles. The standard InChI is InChI=1S/C15H19NO4S/c1-4-5-10-16(11-13(3)15(17)18)21(19,20)14-8-6-12(2)7-9-14/h4,6-9H,1,3,5,10-11H2,2H3,(H,17,18). The summed E-state index contributed by atoms with van der Waals surface area (Å²) in [5.74, 6) is -1.21. The van der Waals surface area contributed by atoms with E-state index in [4.69, 9.17) is 5.11 Å². The van der Waals surface area contributed by atoms with Crippen LogP contribution >= 0.6 is 0 Å². The van der Waals surface area contributed by atoms with Crippen LogP contribution in [0, 0.1) is 6.92 Å². The van der Waals surface area contributed by atoms with Crippen LogP contribution < -0.4 is 0 Å². The van der Waals surface area contributed by atoms with Crippen molar-refractivity contribution in [1.29, 1.82) is 0 Å². The van der Waals surface area contributed by atoms with E-state index in [1.54, 1.807) is 18.2 Å². The third kappa shape index (κ3) is 4.54. The second-order valence-corrected chi connectivity index (χ2v) is 6.58. The smallest absolute Gasteiger partial charge is 0.332 e. The molecule has 1 rings (SSSR count). The van der Waals surface area contributed by atoms with Crippen molar-refractivity contribution in [1.82, 2.24) is 4.31 Å². The second kappa shape index (κ2) is 7.19. The second-order valence-electron chi connectivity index (χ2n) is 4.64. The summed E-state index contributed by atoms with van der Waals surface area (Å²) in [6.07, 6.45) is 2.01. The number of carboxylic acids is 1. The lowest BCUT2D eigenvalue weighted by molar-refractivity contribution is -0.132. The van der Waals surface area contributed by atoms with Crippen LogP contribution in [0.3, 0.4) is 0 Å². The van der Waals surface area contributed by atoms with Crippen molar-refractivity contribution < 1.29 is 18.3 Å². The number of rotatable bonds is 8. The van der Waals surface area contributed by atoms with Gasteiger partial charge in [0.25, 0.3) is 0 Å². The molecule has 0 saturated heterocycles.